The number of thioether (sulfide) groups is 1. The largest absolute Gasteiger partial charge is 0.480 e. The Morgan fingerprint density at radius 1 is 1.44 bits per heavy atom. The van der Waals surface area contributed by atoms with Crippen LogP contribution in [0.4, 0.5) is 0 Å². The van der Waals surface area contributed by atoms with Gasteiger partial charge in [0.15, 0.2) is 0 Å². The number of rotatable bonds is 7. The van der Waals surface area contributed by atoms with Crippen LogP contribution in [-0.2, 0) is 9.59 Å². The normalized spacial score (nSPS) is 13.2. The lowest BCUT2D eigenvalue weighted by atomic mass is 10.0. The van der Waals surface area contributed by atoms with E-state index in [-0.39, 0.29) is 5.91 Å². The van der Waals surface area contributed by atoms with Gasteiger partial charge in [-0.05, 0) is 39.3 Å². The highest BCUT2D eigenvalue weighted by Crippen LogP contribution is 2.05. The van der Waals surface area contributed by atoms with Gasteiger partial charge >= 0.3 is 5.97 Å². The molecule has 1 atom stereocenters. The molecule has 94 valence electrons. The van der Waals surface area contributed by atoms with Gasteiger partial charge in [-0.1, -0.05) is 0 Å². The highest BCUT2D eigenvalue weighted by Gasteiger charge is 2.29. The van der Waals surface area contributed by atoms with Gasteiger partial charge in [0, 0.05) is 0 Å². The van der Waals surface area contributed by atoms with Crippen LogP contribution in [0, 0.1) is 0 Å². The van der Waals surface area contributed by atoms with E-state index in [9.17, 15) is 9.59 Å². The first-order chi connectivity index (χ1) is 7.35. The molecule has 0 unspecified atom stereocenters. The molecule has 0 aliphatic rings. The Labute approximate surface area is 100 Å². The molecule has 3 N–H and O–H groups in total. The van der Waals surface area contributed by atoms with Crippen molar-refractivity contribution in [2.45, 2.75) is 31.8 Å². The molecule has 0 fully saturated rings. The molecule has 0 aliphatic heterocycles. The van der Waals surface area contributed by atoms with Crippen molar-refractivity contribution >= 4 is 23.6 Å². The van der Waals surface area contributed by atoms with E-state index in [4.69, 9.17) is 5.11 Å². The standard InChI is InChI=1S/C10H20N2O3S/c1-10(2,11-3)9(15)12-7(8(13)14)5-6-16-4/h7,11H,5-6H2,1-4H3,(H,12,15)(H,13,14)/t7-/m1/s1. The highest BCUT2D eigenvalue weighted by molar-refractivity contribution is 7.98. The zero-order valence-corrected chi connectivity index (χ0v) is 11.0. The molecule has 0 bridgehead atoms. The van der Waals surface area contributed by atoms with Crippen molar-refractivity contribution in [3.63, 3.8) is 0 Å². The molecule has 0 aromatic rings. The minimum absolute atomic E-state index is 0.302. The van der Waals surface area contributed by atoms with Crippen LogP contribution >= 0.6 is 11.8 Å². The van der Waals surface area contributed by atoms with Crippen LogP contribution in [0.15, 0.2) is 0 Å². The smallest absolute Gasteiger partial charge is 0.326 e. The Hall–Kier alpha value is -0.750. The first-order valence-corrected chi connectivity index (χ1v) is 6.46. The highest BCUT2D eigenvalue weighted by atomic mass is 32.2. The van der Waals surface area contributed by atoms with E-state index in [0.717, 1.165) is 0 Å². The molecule has 0 rings (SSSR count). The van der Waals surface area contributed by atoms with E-state index in [1.54, 1.807) is 32.7 Å². The number of likely N-dealkylation sites (N-methyl/N-ethyl adjacent to an activating group) is 1. The quantitative estimate of drug-likeness (QED) is 0.604. The maximum atomic E-state index is 11.7. The number of carbonyl (C=O) groups is 2. The van der Waals surface area contributed by atoms with Crippen molar-refractivity contribution < 1.29 is 14.7 Å². The number of hydrogen-bond acceptors (Lipinski definition) is 4. The topological polar surface area (TPSA) is 78.4 Å². The third-order valence-corrected chi connectivity index (χ3v) is 3.05. The number of nitrogens with one attached hydrogen (secondary N) is 2. The lowest BCUT2D eigenvalue weighted by Gasteiger charge is -2.25. The molecule has 5 nitrogen and oxygen atoms in total. The van der Waals surface area contributed by atoms with Gasteiger partial charge in [-0.15, -0.1) is 0 Å². The summed E-state index contributed by atoms with van der Waals surface area (Å²) in [7, 11) is 1.66. The molecule has 0 saturated carbocycles. The summed E-state index contributed by atoms with van der Waals surface area (Å²) in [6, 6.07) is -0.812. The third kappa shape index (κ3) is 4.85. The van der Waals surface area contributed by atoms with Gasteiger partial charge < -0.3 is 15.7 Å². The SMILES string of the molecule is CNC(C)(C)C(=O)N[C@H](CCSC)C(=O)O. The molecule has 0 aliphatic carbocycles. The van der Waals surface area contributed by atoms with Gasteiger partial charge in [0.25, 0.3) is 0 Å². The van der Waals surface area contributed by atoms with E-state index in [1.807, 2.05) is 6.26 Å². The molecule has 6 heteroatoms. The van der Waals surface area contributed by atoms with Crippen LogP contribution in [0.5, 0.6) is 0 Å². The Balaban J connectivity index is 4.40. The number of aliphatic carboxylic acids is 1. The second-order valence-corrected chi connectivity index (χ2v) is 5.01. The zero-order chi connectivity index (χ0) is 12.8. The average molecular weight is 248 g/mol. The summed E-state index contributed by atoms with van der Waals surface area (Å²) in [5, 5.41) is 14.3. The van der Waals surface area contributed by atoms with Crippen LogP contribution in [0.1, 0.15) is 20.3 Å². The van der Waals surface area contributed by atoms with Gasteiger partial charge in [-0.2, -0.15) is 11.8 Å². The summed E-state index contributed by atoms with van der Waals surface area (Å²) >= 11 is 1.56. The summed E-state index contributed by atoms with van der Waals surface area (Å²) in [5.74, 6) is -0.588. The van der Waals surface area contributed by atoms with Crippen LogP contribution in [0.25, 0.3) is 0 Å². The fourth-order valence-corrected chi connectivity index (χ4v) is 1.42. The Bertz CT molecular complexity index is 256. The number of hydrogen-bond donors (Lipinski definition) is 3. The first-order valence-electron chi connectivity index (χ1n) is 5.06. The molecule has 0 aromatic heterocycles. The van der Waals surface area contributed by atoms with E-state index < -0.39 is 17.6 Å². The second kappa shape index (κ2) is 6.75. The summed E-state index contributed by atoms with van der Waals surface area (Å²) in [5.41, 5.74) is -0.757. The minimum atomic E-state index is -0.991. The van der Waals surface area contributed by atoms with Gasteiger partial charge in [0.2, 0.25) is 5.91 Å². The number of amides is 1. The van der Waals surface area contributed by atoms with Crippen LogP contribution < -0.4 is 10.6 Å². The molecular weight excluding hydrogens is 228 g/mol. The molecule has 0 spiro atoms. The minimum Gasteiger partial charge on any atom is -0.480 e. The Kier molecular flexibility index (Phi) is 6.43. The van der Waals surface area contributed by atoms with Gasteiger partial charge in [-0.3, -0.25) is 4.79 Å². The van der Waals surface area contributed by atoms with E-state index in [1.165, 1.54) is 0 Å². The fraction of sp³-hybridized carbons (Fsp3) is 0.800. The molecule has 0 aromatic carbocycles. The van der Waals surface area contributed by atoms with Crippen molar-refractivity contribution in [1.82, 2.24) is 10.6 Å². The number of carbonyl (C=O) groups excluding carboxylic acids is 1. The van der Waals surface area contributed by atoms with Crippen molar-refractivity contribution in [3.8, 4) is 0 Å². The summed E-state index contributed by atoms with van der Waals surface area (Å²) in [4.78, 5) is 22.6. The van der Waals surface area contributed by atoms with Gasteiger partial charge in [0.05, 0.1) is 5.54 Å². The maximum Gasteiger partial charge on any atom is 0.326 e. The fourth-order valence-electron chi connectivity index (χ4n) is 0.945. The van der Waals surface area contributed by atoms with Crippen molar-refractivity contribution in [2.75, 3.05) is 19.1 Å². The Morgan fingerprint density at radius 2 is 2.00 bits per heavy atom. The number of carboxylic acid groups (broad SMARTS) is 1. The maximum absolute atomic E-state index is 11.7. The lowest BCUT2D eigenvalue weighted by Crippen LogP contribution is -2.55. The van der Waals surface area contributed by atoms with E-state index in [0.29, 0.717) is 12.2 Å². The first kappa shape index (κ1) is 15.2. The van der Waals surface area contributed by atoms with Crippen molar-refractivity contribution in [1.29, 1.82) is 0 Å². The molecular formula is C10H20N2O3S. The summed E-state index contributed by atoms with van der Waals surface area (Å²) in [6.45, 7) is 3.41. The molecule has 0 heterocycles. The Morgan fingerprint density at radius 3 is 2.38 bits per heavy atom. The monoisotopic (exact) mass is 248 g/mol. The second-order valence-electron chi connectivity index (χ2n) is 4.02. The van der Waals surface area contributed by atoms with E-state index >= 15 is 0 Å². The average Bonchev–Trinajstić information content (AvgIpc) is 2.23. The van der Waals surface area contributed by atoms with Crippen LogP contribution in [0.2, 0.25) is 0 Å². The van der Waals surface area contributed by atoms with Gasteiger partial charge in [0.1, 0.15) is 6.04 Å². The predicted octanol–water partition coefficient (Wildman–Crippen LogP) is 0.307. The lowest BCUT2D eigenvalue weighted by molar-refractivity contribution is -0.142. The molecule has 16 heavy (non-hydrogen) atoms. The third-order valence-electron chi connectivity index (χ3n) is 2.41. The number of carboxylic acids is 1. The summed E-state index contributed by atoms with van der Waals surface area (Å²) in [6.07, 6.45) is 2.33. The zero-order valence-electron chi connectivity index (χ0n) is 10.2. The molecule has 1 amide bonds. The molecule has 0 radical (unpaired) electrons. The van der Waals surface area contributed by atoms with E-state index in [2.05, 4.69) is 10.6 Å². The van der Waals surface area contributed by atoms with Crippen molar-refractivity contribution in [2.24, 2.45) is 0 Å². The van der Waals surface area contributed by atoms with Crippen molar-refractivity contribution in [3.05, 3.63) is 0 Å². The molecule has 0 saturated heterocycles. The van der Waals surface area contributed by atoms with Crippen LogP contribution in [0.3, 0.4) is 0 Å². The van der Waals surface area contributed by atoms with Crippen LogP contribution in [-0.4, -0.2) is 47.6 Å². The van der Waals surface area contributed by atoms with Gasteiger partial charge in [-0.25, -0.2) is 4.79 Å². The predicted molar refractivity (Wildman–Crippen MR) is 65.7 cm³/mol. The summed E-state index contributed by atoms with van der Waals surface area (Å²) < 4.78 is 0.